The van der Waals surface area contributed by atoms with Crippen LogP contribution in [0.1, 0.15) is 44.9 Å². The molecule has 17 heavy (non-hydrogen) atoms. The summed E-state index contributed by atoms with van der Waals surface area (Å²) in [6, 6.07) is 0. The molecule has 1 aliphatic heterocycles. The molecule has 1 amide bonds. The lowest BCUT2D eigenvalue weighted by atomic mass is 9.94. The van der Waals surface area contributed by atoms with Gasteiger partial charge in [0.05, 0.1) is 6.10 Å². The number of ether oxygens (including phenoxy) is 1. The fourth-order valence-electron chi connectivity index (χ4n) is 2.89. The Morgan fingerprint density at radius 1 is 1.41 bits per heavy atom. The maximum absolute atomic E-state index is 12.1. The van der Waals surface area contributed by atoms with E-state index in [0.717, 1.165) is 38.8 Å². The van der Waals surface area contributed by atoms with E-state index < -0.39 is 0 Å². The van der Waals surface area contributed by atoms with Crippen molar-refractivity contribution in [3.8, 4) is 0 Å². The minimum absolute atomic E-state index is 0.171. The highest BCUT2D eigenvalue weighted by atomic mass is 16.5. The maximum atomic E-state index is 12.1. The molecule has 0 aromatic carbocycles. The van der Waals surface area contributed by atoms with Crippen LogP contribution in [0, 0.1) is 0 Å². The van der Waals surface area contributed by atoms with Gasteiger partial charge in [-0.3, -0.25) is 4.79 Å². The third kappa shape index (κ3) is 3.42. The molecule has 2 fully saturated rings. The van der Waals surface area contributed by atoms with Gasteiger partial charge in [-0.2, -0.15) is 0 Å². The summed E-state index contributed by atoms with van der Waals surface area (Å²) in [6.07, 6.45) is 7.24. The average Bonchev–Trinajstić information content (AvgIpc) is 2.90. The molecule has 0 aromatic rings. The number of nitrogens with zero attached hydrogens (tertiary/aromatic N) is 1. The van der Waals surface area contributed by atoms with Crippen LogP contribution in [0.4, 0.5) is 0 Å². The lowest BCUT2D eigenvalue weighted by Gasteiger charge is -2.27. The second kappa shape index (κ2) is 5.36. The van der Waals surface area contributed by atoms with Crippen molar-refractivity contribution in [2.24, 2.45) is 5.73 Å². The zero-order valence-corrected chi connectivity index (χ0v) is 10.8. The summed E-state index contributed by atoms with van der Waals surface area (Å²) in [5, 5.41) is 0. The van der Waals surface area contributed by atoms with Crippen LogP contribution in [0.5, 0.6) is 0 Å². The lowest BCUT2D eigenvalue weighted by Crippen LogP contribution is -2.44. The van der Waals surface area contributed by atoms with Crippen molar-refractivity contribution in [1.82, 2.24) is 4.90 Å². The van der Waals surface area contributed by atoms with E-state index in [9.17, 15) is 4.79 Å². The van der Waals surface area contributed by atoms with Gasteiger partial charge in [0.1, 0.15) is 0 Å². The smallest absolute Gasteiger partial charge is 0.224 e. The number of carbonyl (C=O) groups is 1. The summed E-state index contributed by atoms with van der Waals surface area (Å²) >= 11 is 0. The monoisotopic (exact) mass is 240 g/mol. The van der Waals surface area contributed by atoms with E-state index in [-0.39, 0.29) is 17.6 Å². The number of nitrogens with two attached hydrogens (primary N) is 1. The Kier molecular flexibility index (Phi) is 4.05. The summed E-state index contributed by atoms with van der Waals surface area (Å²) < 4.78 is 5.54. The second-order valence-electron chi connectivity index (χ2n) is 5.66. The van der Waals surface area contributed by atoms with Gasteiger partial charge in [-0.25, -0.2) is 0 Å². The van der Waals surface area contributed by atoms with Crippen LogP contribution in [0.25, 0.3) is 0 Å². The molecule has 0 radical (unpaired) electrons. The average molecular weight is 240 g/mol. The predicted octanol–water partition coefficient (Wildman–Crippen LogP) is 1.29. The van der Waals surface area contributed by atoms with Gasteiger partial charge in [0, 0.05) is 32.2 Å². The lowest BCUT2D eigenvalue weighted by molar-refractivity contribution is -0.132. The summed E-state index contributed by atoms with van der Waals surface area (Å²) in [7, 11) is 1.86. The van der Waals surface area contributed by atoms with Crippen LogP contribution in [0.15, 0.2) is 0 Å². The molecule has 4 nitrogen and oxygen atoms in total. The molecule has 1 aliphatic carbocycles. The van der Waals surface area contributed by atoms with Crippen molar-refractivity contribution in [3.63, 3.8) is 0 Å². The van der Waals surface area contributed by atoms with Crippen molar-refractivity contribution in [2.75, 3.05) is 20.2 Å². The summed E-state index contributed by atoms with van der Waals surface area (Å²) in [4.78, 5) is 13.9. The van der Waals surface area contributed by atoms with Crippen LogP contribution >= 0.6 is 0 Å². The molecular formula is C13H24N2O2. The molecule has 2 rings (SSSR count). The summed E-state index contributed by atoms with van der Waals surface area (Å²) in [5.74, 6) is 0.171. The Labute approximate surface area is 103 Å². The Morgan fingerprint density at radius 2 is 2.12 bits per heavy atom. The molecule has 2 aliphatic rings. The fraction of sp³-hybridized carbons (Fsp3) is 0.923. The first-order valence-electron chi connectivity index (χ1n) is 6.73. The first kappa shape index (κ1) is 12.8. The van der Waals surface area contributed by atoms with Crippen molar-refractivity contribution in [3.05, 3.63) is 0 Å². The second-order valence-corrected chi connectivity index (χ2v) is 5.66. The fourth-order valence-corrected chi connectivity index (χ4v) is 2.89. The topological polar surface area (TPSA) is 55.6 Å². The largest absolute Gasteiger partial charge is 0.376 e. The predicted molar refractivity (Wildman–Crippen MR) is 66.6 cm³/mol. The highest BCUT2D eigenvalue weighted by Crippen LogP contribution is 2.30. The zero-order chi connectivity index (χ0) is 12.3. The molecule has 0 spiro atoms. The third-order valence-electron chi connectivity index (χ3n) is 4.03. The molecule has 0 bridgehead atoms. The highest BCUT2D eigenvalue weighted by Gasteiger charge is 2.33. The van der Waals surface area contributed by atoms with E-state index in [4.69, 9.17) is 10.5 Å². The van der Waals surface area contributed by atoms with Crippen molar-refractivity contribution < 1.29 is 9.53 Å². The van der Waals surface area contributed by atoms with Gasteiger partial charge in [-0.05, 0) is 25.7 Å². The Bertz CT molecular complexity index is 269. The van der Waals surface area contributed by atoms with Crippen LogP contribution in [-0.2, 0) is 9.53 Å². The molecule has 1 saturated heterocycles. The van der Waals surface area contributed by atoms with Gasteiger partial charge in [0.2, 0.25) is 5.91 Å². The van der Waals surface area contributed by atoms with E-state index in [1.54, 1.807) is 4.90 Å². The molecule has 4 heteroatoms. The Balaban J connectivity index is 1.78. The minimum Gasteiger partial charge on any atom is -0.376 e. The van der Waals surface area contributed by atoms with Gasteiger partial charge in [-0.15, -0.1) is 0 Å². The van der Waals surface area contributed by atoms with Crippen molar-refractivity contribution in [1.29, 1.82) is 0 Å². The number of amides is 1. The van der Waals surface area contributed by atoms with Gasteiger partial charge in [0.25, 0.3) is 0 Å². The minimum atomic E-state index is -0.234. The van der Waals surface area contributed by atoms with E-state index in [2.05, 4.69) is 0 Å². The first-order valence-corrected chi connectivity index (χ1v) is 6.73. The molecule has 2 N–H and O–H groups in total. The normalized spacial score (nSPS) is 27.3. The van der Waals surface area contributed by atoms with Crippen LogP contribution < -0.4 is 5.73 Å². The van der Waals surface area contributed by atoms with Crippen LogP contribution in [0.3, 0.4) is 0 Å². The number of rotatable bonds is 4. The molecule has 1 heterocycles. The number of hydrogen-bond donors (Lipinski definition) is 1. The van der Waals surface area contributed by atoms with Crippen molar-refractivity contribution in [2.45, 2.75) is 56.6 Å². The number of likely N-dealkylation sites (N-methyl/N-ethyl adjacent to an activating group) is 1. The summed E-state index contributed by atoms with van der Waals surface area (Å²) in [5.41, 5.74) is 5.99. The van der Waals surface area contributed by atoms with E-state index in [0.29, 0.717) is 6.42 Å². The standard InChI is InChI=1S/C13H24N2O2/c1-15(10-11-5-4-8-17-11)12(16)9-13(14)6-2-3-7-13/h11H,2-10,14H2,1H3. The number of hydrogen-bond acceptors (Lipinski definition) is 3. The Morgan fingerprint density at radius 3 is 2.71 bits per heavy atom. The van der Waals surface area contributed by atoms with Gasteiger partial charge in [0.15, 0.2) is 0 Å². The molecule has 1 atom stereocenters. The quantitative estimate of drug-likeness (QED) is 0.805. The first-order chi connectivity index (χ1) is 8.09. The molecular weight excluding hydrogens is 216 g/mol. The third-order valence-corrected chi connectivity index (χ3v) is 4.03. The van der Waals surface area contributed by atoms with E-state index in [1.807, 2.05) is 7.05 Å². The molecule has 1 unspecified atom stereocenters. The van der Waals surface area contributed by atoms with Gasteiger partial charge in [-0.1, -0.05) is 12.8 Å². The number of carbonyl (C=O) groups excluding carboxylic acids is 1. The van der Waals surface area contributed by atoms with Crippen LogP contribution in [-0.4, -0.2) is 42.6 Å². The molecule has 0 aromatic heterocycles. The molecule has 1 saturated carbocycles. The zero-order valence-electron chi connectivity index (χ0n) is 10.8. The highest BCUT2D eigenvalue weighted by molar-refractivity contribution is 5.77. The SMILES string of the molecule is CN(CC1CCCO1)C(=O)CC1(N)CCCC1. The van der Waals surface area contributed by atoms with Crippen LogP contribution in [0.2, 0.25) is 0 Å². The summed E-state index contributed by atoms with van der Waals surface area (Å²) in [6.45, 7) is 1.56. The van der Waals surface area contributed by atoms with Gasteiger partial charge >= 0.3 is 0 Å². The van der Waals surface area contributed by atoms with E-state index in [1.165, 1.54) is 12.8 Å². The molecule has 98 valence electrons. The maximum Gasteiger partial charge on any atom is 0.224 e. The van der Waals surface area contributed by atoms with Gasteiger partial charge < -0.3 is 15.4 Å². The van der Waals surface area contributed by atoms with E-state index >= 15 is 0 Å². The Hall–Kier alpha value is -0.610. The van der Waals surface area contributed by atoms with Crippen molar-refractivity contribution >= 4 is 5.91 Å².